The van der Waals surface area contributed by atoms with Crippen molar-refractivity contribution < 1.29 is 5.11 Å². The molecule has 15 heavy (non-hydrogen) atoms. The zero-order valence-corrected chi connectivity index (χ0v) is 10.2. The van der Waals surface area contributed by atoms with Crippen LogP contribution in [-0.2, 0) is 5.60 Å². The van der Waals surface area contributed by atoms with Gasteiger partial charge in [-0.2, -0.15) is 0 Å². The molecule has 0 aliphatic heterocycles. The molecule has 2 rings (SSSR count). The lowest BCUT2D eigenvalue weighted by atomic mass is 9.94. The Hall–Kier alpha value is -0.930. The number of rotatable bonds is 1. The number of aromatic nitrogens is 1. The van der Waals surface area contributed by atoms with Gasteiger partial charge in [0.05, 0.1) is 11.1 Å². The largest absolute Gasteiger partial charge is 0.386 e. The summed E-state index contributed by atoms with van der Waals surface area (Å²) in [6, 6.07) is 7.70. The smallest absolute Gasteiger partial charge is 0.0847 e. The van der Waals surface area contributed by atoms with E-state index in [0.29, 0.717) is 0 Å². The van der Waals surface area contributed by atoms with E-state index in [1.807, 2.05) is 24.3 Å². The van der Waals surface area contributed by atoms with Crippen LogP contribution < -0.4 is 0 Å². The van der Waals surface area contributed by atoms with Gasteiger partial charge in [-0.15, -0.1) is 0 Å². The third-order valence-corrected chi connectivity index (χ3v) is 3.02. The number of hydrogen-bond acceptors (Lipinski definition) is 2. The van der Waals surface area contributed by atoms with Crippen LogP contribution >= 0.6 is 15.9 Å². The Balaban J connectivity index is 2.84. The highest BCUT2D eigenvalue weighted by Gasteiger charge is 2.19. The van der Waals surface area contributed by atoms with Crippen molar-refractivity contribution in [1.82, 2.24) is 4.98 Å². The van der Waals surface area contributed by atoms with Gasteiger partial charge in [0.15, 0.2) is 0 Å². The van der Waals surface area contributed by atoms with Crippen LogP contribution in [0.3, 0.4) is 0 Å². The molecule has 3 heteroatoms. The SMILES string of the molecule is CC(C)(O)c1ccc(Br)c2ncccc12. The summed E-state index contributed by atoms with van der Waals surface area (Å²) in [5.74, 6) is 0. The zero-order valence-electron chi connectivity index (χ0n) is 8.66. The summed E-state index contributed by atoms with van der Waals surface area (Å²) in [5, 5.41) is 11.0. The van der Waals surface area contributed by atoms with Gasteiger partial charge in [0.2, 0.25) is 0 Å². The monoisotopic (exact) mass is 265 g/mol. The number of fused-ring (bicyclic) bond motifs is 1. The second-order valence-electron chi connectivity index (χ2n) is 4.05. The molecule has 0 saturated carbocycles. The van der Waals surface area contributed by atoms with E-state index >= 15 is 0 Å². The first-order valence-electron chi connectivity index (χ1n) is 4.76. The standard InChI is InChI=1S/C12H12BrNO/c1-12(2,15)9-5-6-10(13)11-8(9)4-3-7-14-11/h3-7,15H,1-2H3. The van der Waals surface area contributed by atoms with Crippen molar-refractivity contribution in [2.75, 3.05) is 0 Å². The Morgan fingerprint density at radius 1 is 1.27 bits per heavy atom. The van der Waals surface area contributed by atoms with Crippen molar-refractivity contribution in [2.45, 2.75) is 19.4 Å². The molecule has 0 bridgehead atoms. The van der Waals surface area contributed by atoms with Gasteiger partial charge in [0.1, 0.15) is 0 Å². The highest BCUT2D eigenvalue weighted by Crippen LogP contribution is 2.31. The minimum absolute atomic E-state index is 0.845. The number of nitrogens with zero attached hydrogens (tertiary/aromatic N) is 1. The van der Waals surface area contributed by atoms with E-state index in [1.165, 1.54) is 0 Å². The maximum Gasteiger partial charge on any atom is 0.0847 e. The highest BCUT2D eigenvalue weighted by molar-refractivity contribution is 9.10. The van der Waals surface area contributed by atoms with E-state index in [0.717, 1.165) is 20.9 Å². The molecule has 1 aromatic heterocycles. The summed E-state index contributed by atoms with van der Waals surface area (Å²) < 4.78 is 0.950. The van der Waals surface area contributed by atoms with Crippen molar-refractivity contribution in [3.63, 3.8) is 0 Å². The van der Waals surface area contributed by atoms with Gasteiger partial charge in [0.25, 0.3) is 0 Å². The molecule has 1 heterocycles. The average Bonchev–Trinajstić information content (AvgIpc) is 2.17. The lowest BCUT2D eigenvalue weighted by Gasteiger charge is -2.20. The van der Waals surface area contributed by atoms with E-state index in [2.05, 4.69) is 20.9 Å². The minimum atomic E-state index is -0.845. The maximum atomic E-state index is 10.0. The molecule has 1 aromatic carbocycles. The molecule has 0 aliphatic rings. The fourth-order valence-electron chi connectivity index (χ4n) is 1.67. The third kappa shape index (κ3) is 1.90. The van der Waals surface area contributed by atoms with Crippen molar-refractivity contribution >= 4 is 26.8 Å². The van der Waals surface area contributed by atoms with Gasteiger partial charge in [-0.3, -0.25) is 4.98 Å². The normalized spacial score (nSPS) is 12.0. The summed E-state index contributed by atoms with van der Waals surface area (Å²) in [4.78, 5) is 4.30. The Morgan fingerprint density at radius 3 is 2.67 bits per heavy atom. The van der Waals surface area contributed by atoms with E-state index in [4.69, 9.17) is 0 Å². The van der Waals surface area contributed by atoms with E-state index in [9.17, 15) is 5.11 Å². The Morgan fingerprint density at radius 2 is 2.00 bits per heavy atom. The molecular formula is C12H12BrNO. The van der Waals surface area contributed by atoms with E-state index in [-0.39, 0.29) is 0 Å². The van der Waals surface area contributed by atoms with Gasteiger partial charge < -0.3 is 5.11 Å². The molecule has 2 aromatic rings. The van der Waals surface area contributed by atoms with Gasteiger partial charge in [0, 0.05) is 16.1 Å². The molecule has 78 valence electrons. The molecule has 0 amide bonds. The molecule has 1 N–H and O–H groups in total. The fourth-order valence-corrected chi connectivity index (χ4v) is 2.12. The molecular weight excluding hydrogens is 254 g/mol. The number of halogens is 1. The fraction of sp³-hybridized carbons (Fsp3) is 0.250. The number of hydrogen-bond donors (Lipinski definition) is 1. The molecule has 0 fully saturated rings. The predicted molar refractivity (Wildman–Crippen MR) is 64.7 cm³/mol. The Labute approximate surface area is 97.1 Å². The van der Waals surface area contributed by atoms with E-state index in [1.54, 1.807) is 20.0 Å². The highest BCUT2D eigenvalue weighted by atomic mass is 79.9. The van der Waals surface area contributed by atoms with Crippen LogP contribution in [0, 0.1) is 0 Å². The maximum absolute atomic E-state index is 10.0. The molecule has 0 unspecified atom stereocenters. The molecule has 0 aliphatic carbocycles. The molecule has 2 nitrogen and oxygen atoms in total. The van der Waals surface area contributed by atoms with Crippen LogP contribution in [0.25, 0.3) is 10.9 Å². The predicted octanol–water partition coefficient (Wildman–Crippen LogP) is 3.22. The van der Waals surface area contributed by atoms with Crippen molar-refractivity contribution in [2.24, 2.45) is 0 Å². The molecule has 0 spiro atoms. The first-order valence-corrected chi connectivity index (χ1v) is 5.55. The first kappa shape index (κ1) is 10.6. The second kappa shape index (κ2) is 3.58. The Kier molecular flexibility index (Phi) is 2.52. The average molecular weight is 266 g/mol. The lowest BCUT2D eigenvalue weighted by Crippen LogP contribution is -2.16. The minimum Gasteiger partial charge on any atom is -0.386 e. The number of pyridine rings is 1. The van der Waals surface area contributed by atoms with Crippen LogP contribution in [0.5, 0.6) is 0 Å². The van der Waals surface area contributed by atoms with Crippen LogP contribution in [0.1, 0.15) is 19.4 Å². The van der Waals surface area contributed by atoms with Crippen LogP contribution in [-0.4, -0.2) is 10.1 Å². The van der Waals surface area contributed by atoms with Gasteiger partial charge >= 0.3 is 0 Å². The summed E-state index contributed by atoms with van der Waals surface area (Å²) in [6.07, 6.45) is 1.75. The Bertz CT molecular complexity index is 502. The van der Waals surface area contributed by atoms with Gasteiger partial charge in [-0.1, -0.05) is 12.1 Å². The quantitative estimate of drug-likeness (QED) is 0.859. The van der Waals surface area contributed by atoms with Crippen molar-refractivity contribution in [3.8, 4) is 0 Å². The second-order valence-corrected chi connectivity index (χ2v) is 4.91. The lowest BCUT2D eigenvalue weighted by molar-refractivity contribution is 0.0802. The van der Waals surface area contributed by atoms with Crippen molar-refractivity contribution in [3.05, 3.63) is 40.5 Å². The molecule has 0 radical (unpaired) electrons. The molecule has 0 atom stereocenters. The van der Waals surface area contributed by atoms with Crippen LogP contribution in [0.15, 0.2) is 34.9 Å². The van der Waals surface area contributed by atoms with Gasteiger partial charge in [-0.05, 0) is 47.5 Å². The summed E-state index contributed by atoms with van der Waals surface area (Å²) in [6.45, 7) is 3.56. The first-order chi connectivity index (χ1) is 7.00. The number of benzene rings is 1. The topological polar surface area (TPSA) is 33.1 Å². The van der Waals surface area contributed by atoms with Crippen molar-refractivity contribution in [1.29, 1.82) is 0 Å². The van der Waals surface area contributed by atoms with E-state index < -0.39 is 5.60 Å². The summed E-state index contributed by atoms with van der Waals surface area (Å²) in [7, 11) is 0. The third-order valence-electron chi connectivity index (χ3n) is 2.38. The van der Waals surface area contributed by atoms with Gasteiger partial charge in [-0.25, -0.2) is 0 Å². The molecule has 0 saturated heterocycles. The van der Waals surface area contributed by atoms with Crippen LogP contribution in [0.2, 0.25) is 0 Å². The zero-order chi connectivity index (χ0) is 11.1. The summed E-state index contributed by atoms with van der Waals surface area (Å²) in [5.41, 5.74) is 0.938. The van der Waals surface area contributed by atoms with Crippen LogP contribution in [0.4, 0.5) is 0 Å². The number of aliphatic hydroxyl groups is 1. The summed E-state index contributed by atoms with van der Waals surface area (Å²) >= 11 is 3.45.